The van der Waals surface area contributed by atoms with Crippen molar-refractivity contribution < 1.29 is 28.1 Å². The number of methoxy groups -OCH3 is 1. The second kappa shape index (κ2) is 14.5. The molecule has 0 spiro atoms. The Labute approximate surface area is 328 Å². The standard InChI is InChI=1S/C42H45FIN5O5/c1-42(2,3)54-41(50)48-20-26-18-33(48)38(26)49-21-32(44)35-39(49)31-17-25(11-8-14-45)34(30-19-28(53-23-51-5)16-24-10-6-7-13-29(24)30)36(43)37(31)46-40(35)52-22-27-12-9-15-47(27)4/h6-7,10,13,16-17,19,21,26-27,33,38H,8-9,11-12,15,18,20,22-23H2,1-5H3. The number of nitrogens with zero attached hydrogens (tertiary/aromatic N) is 5. The minimum Gasteiger partial charge on any atom is -0.475 e. The fourth-order valence-corrected chi connectivity index (χ4v) is 9.51. The van der Waals surface area contributed by atoms with Crippen molar-refractivity contribution in [3.8, 4) is 28.8 Å². The van der Waals surface area contributed by atoms with Gasteiger partial charge in [-0.25, -0.2) is 14.2 Å². The van der Waals surface area contributed by atoms with Crippen LogP contribution in [0.5, 0.6) is 11.6 Å². The van der Waals surface area contributed by atoms with Gasteiger partial charge in [0.1, 0.15) is 23.5 Å². The van der Waals surface area contributed by atoms with Gasteiger partial charge in [0.2, 0.25) is 5.88 Å². The number of carbonyl (C=O) groups excluding carboxylic acids is 1. The molecule has 5 heterocycles. The summed E-state index contributed by atoms with van der Waals surface area (Å²) < 4.78 is 44.5. The highest BCUT2D eigenvalue weighted by Gasteiger charge is 2.56. The lowest BCUT2D eigenvalue weighted by molar-refractivity contribution is 0.0211. The van der Waals surface area contributed by atoms with Crippen molar-refractivity contribution in [1.82, 2.24) is 19.4 Å². The van der Waals surface area contributed by atoms with Crippen LogP contribution in [-0.2, 0) is 15.9 Å². The number of hydrogen-bond donors (Lipinski definition) is 0. The third-order valence-electron chi connectivity index (χ3n) is 11.2. The largest absolute Gasteiger partial charge is 0.475 e. The number of carbonyl (C=O) groups is 1. The molecule has 5 aromatic rings. The monoisotopic (exact) mass is 845 g/mol. The van der Waals surface area contributed by atoms with Crippen LogP contribution < -0.4 is 9.47 Å². The number of ether oxygens (including phenoxy) is 4. The van der Waals surface area contributed by atoms with Gasteiger partial charge in [0, 0.05) is 52.8 Å². The van der Waals surface area contributed by atoms with Gasteiger partial charge in [-0.05, 0) is 123 Å². The first kappa shape index (κ1) is 36.8. The first-order valence-corrected chi connectivity index (χ1v) is 19.7. The Kier molecular flexibility index (Phi) is 9.85. The average molecular weight is 846 g/mol. The van der Waals surface area contributed by atoms with Gasteiger partial charge in [0.15, 0.2) is 12.6 Å². The van der Waals surface area contributed by atoms with Gasteiger partial charge in [-0.1, -0.05) is 24.3 Å². The van der Waals surface area contributed by atoms with E-state index in [1.54, 1.807) is 7.11 Å². The van der Waals surface area contributed by atoms with Crippen LogP contribution in [-0.4, -0.2) is 83.8 Å². The van der Waals surface area contributed by atoms with Gasteiger partial charge in [-0.15, -0.1) is 0 Å². The Bertz CT molecular complexity index is 2320. The van der Waals surface area contributed by atoms with E-state index in [1.807, 2.05) is 68.1 Å². The van der Waals surface area contributed by atoms with Crippen LogP contribution in [0.1, 0.15) is 58.1 Å². The number of likely N-dealkylation sites (N-methyl/N-ethyl adjacent to an activating group) is 1. The van der Waals surface area contributed by atoms with Gasteiger partial charge in [0.05, 0.1) is 29.1 Å². The summed E-state index contributed by atoms with van der Waals surface area (Å²) in [5.41, 5.74) is 2.17. The molecule has 4 unspecified atom stereocenters. The second-order valence-corrected chi connectivity index (χ2v) is 17.0. The molecule has 54 heavy (non-hydrogen) atoms. The molecular formula is C42H45FIN5O5. The predicted molar refractivity (Wildman–Crippen MR) is 214 cm³/mol. The summed E-state index contributed by atoms with van der Waals surface area (Å²) in [6.45, 7) is 7.73. The molecule has 1 amide bonds. The van der Waals surface area contributed by atoms with Crippen molar-refractivity contribution >= 4 is 61.3 Å². The highest BCUT2D eigenvalue weighted by atomic mass is 127. The van der Waals surface area contributed by atoms with E-state index in [9.17, 15) is 10.1 Å². The fraction of sp³-hybridized carbons (Fsp3) is 0.452. The fourth-order valence-electron chi connectivity index (χ4n) is 8.73. The van der Waals surface area contributed by atoms with Crippen molar-refractivity contribution in [2.75, 3.05) is 40.6 Å². The number of fused-ring (bicyclic) bond motifs is 5. The minimum absolute atomic E-state index is 0.0215. The summed E-state index contributed by atoms with van der Waals surface area (Å²) >= 11 is 2.34. The number of benzene rings is 3. The van der Waals surface area contributed by atoms with E-state index in [1.165, 1.54) is 0 Å². The molecule has 4 atom stereocenters. The summed E-state index contributed by atoms with van der Waals surface area (Å²) in [6, 6.07) is 16.0. The van der Waals surface area contributed by atoms with Crippen LogP contribution in [0.15, 0.2) is 48.7 Å². The van der Waals surface area contributed by atoms with Crippen molar-refractivity contribution in [1.29, 1.82) is 5.26 Å². The molecule has 2 bridgehead atoms. The number of hydrogen-bond acceptors (Lipinski definition) is 8. The van der Waals surface area contributed by atoms with Crippen LogP contribution in [0.4, 0.5) is 9.18 Å². The number of pyridine rings is 1. The zero-order valence-electron chi connectivity index (χ0n) is 31.3. The third-order valence-corrected chi connectivity index (χ3v) is 12.0. The van der Waals surface area contributed by atoms with E-state index < -0.39 is 11.4 Å². The first-order chi connectivity index (χ1) is 26.0. The van der Waals surface area contributed by atoms with Gasteiger partial charge in [-0.2, -0.15) is 5.26 Å². The highest BCUT2D eigenvalue weighted by molar-refractivity contribution is 14.1. The Hall–Kier alpha value is -4.19. The number of aromatic nitrogens is 2. The van der Waals surface area contributed by atoms with Crippen molar-refractivity contribution in [2.45, 2.75) is 76.6 Å². The van der Waals surface area contributed by atoms with E-state index in [4.69, 9.17) is 23.9 Å². The maximum atomic E-state index is 17.8. The zero-order valence-corrected chi connectivity index (χ0v) is 33.5. The number of aryl methyl sites for hydroxylation is 1. The molecule has 0 N–H and O–H groups in total. The van der Waals surface area contributed by atoms with E-state index in [0.717, 1.165) is 51.1 Å². The summed E-state index contributed by atoms with van der Waals surface area (Å²) in [4.78, 5) is 22.5. The lowest BCUT2D eigenvalue weighted by atomic mass is 9.79. The van der Waals surface area contributed by atoms with Gasteiger partial charge in [0.25, 0.3) is 0 Å². The molecule has 1 aliphatic carbocycles. The molecule has 10 nitrogen and oxygen atoms in total. The number of halogens is 2. The molecule has 9 rings (SSSR count). The summed E-state index contributed by atoms with van der Waals surface area (Å²) in [6.07, 6.45) is 5.34. The van der Waals surface area contributed by atoms with E-state index in [2.05, 4.69) is 51.4 Å². The zero-order chi connectivity index (χ0) is 37.9. The highest BCUT2D eigenvalue weighted by Crippen LogP contribution is 2.53. The van der Waals surface area contributed by atoms with Crippen molar-refractivity contribution in [3.63, 3.8) is 0 Å². The Morgan fingerprint density at radius 1 is 1.15 bits per heavy atom. The SMILES string of the molecule is COCOc1cc(-c2c(CCC#N)cc3c(nc(OCC4CCCN4C)c4c(I)cn(C5C6CC5N(C(=O)OC(C)(C)C)C6)c43)c2F)c2ccccc2c1. The molecule has 282 valence electrons. The molecule has 0 radical (unpaired) electrons. The van der Waals surface area contributed by atoms with Crippen molar-refractivity contribution in [2.24, 2.45) is 5.92 Å². The number of nitriles is 1. The quantitative estimate of drug-likeness (QED) is 0.102. The molecule has 4 fully saturated rings. The first-order valence-electron chi connectivity index (χ1n) is 18.7. The molecule has 3 aromatic carbocycles. The summed E-state index contributed by atoms with van der Waals surface area (Å²) in [5, 5.41) is 13.0. The Morgan fingerprint density at radius 3 is 2.70 bits per heavy atom. The van der Waals surface area contributed by atoms with E-state index >= 15 is 4.39 Å². The second-order valence-electron chi connectivity index (χ2n) is 15.8. The summed E-state index contributed by atoms with van der Waals surface area (Å²) in [7, 11) is 3.67. The molecular weight excluding hydrogens is 800 g/mol. The number of rotatable bonds is 10. The van der Waals surface area contributed by atoms with Crippen LogP contribution in [0.2, 0.25) is 0 Å². The predicted octanol–water partition coefficient (Wildman–Crippen LogP) is 8.85. The van der Waals surface area contributed by atoms with Crippen LogP contribution >= 0.6 is 22.6 Å². The van der Waals surface area contributed by atoms with Crippen LogP contribution in [0.25, 0.3) is 43.7 Å². The molecule has 3 aliphatic heterocycles. The van der Waals surface area contributed by atoms with Gasteiger partial charge in [-0.3, -0.25) is 0 Å². The number of amides is 1. The molecule has 4 aliphatic rings. The number of likely N-dealkylation sites (tertiary alicyclic amines) is 1. The normalized spacial score (nSPS) is 21.2. The maximum Gasteiger partial charge on any atom is 0.410 e. The molecule has 2 aromatic heterocycles. The minimum atomic E-state index is -0.605. The molecule has 1 saturated carbocycles. The Morgan fingerprint density at radius 2 is 1.96 bits per heavy atom. The van der Waals surface area contributed by atoms with Crippen molar-refractivity contribution in [3.05, 3.63) is 63.6 Å². The molecule has 3 saturated heterocycles. The van der Waals surface area contributed by atoms with Crippen LogP contribution in [0, 0.1) is 26.6 Å². The maximum absolute atomic E-state index is 17.8. The Balaban J connectivity index is 1.35. The van der Waals surface area contributed by atoms with Gasteiger partial charge < -0.3 is 33.3 Å². The lowest BCUT2D eigenvalue weighted by Crippen LogP contribution is -2.44. The van der Waals surface area contributed by atoms with E-state index in [0.29, 0.717) is 53.3 Å². The van der Waals surface area contributed by atoms with Crippen LogP contribution in [0.3, 0.4) is 0 Å². The average Bonchev–Trinajstić information content (AvgIpc) is 3.92. The third kappa shape index (κ3) is 6.51. The lowest BCUT2D eigenvalue weighted by Gasteiger charge is -2.38. The smallest absolute Gasteiger partial charge is 0.410 e. The molecule has 12 heteroatoms. The summed E-state index contributed by atoms with van der Waals surface area (Å²) in [5.74, 6) is 0.682. The van der Waals surface area contributed by atoms with E-state index in [-0.39, 0.29) is 48.9 Å². The van der Waals surface area contributed by atoms with Gasteiger partial charge >= 0.3 is 6.09 Å². The topological polar surface area (TPSA) is 102 Å².